The van der Waals surface area contributed by atoms with Crippen LogP contribution in [0, 0.1) is 0 Å². The molecule has 150 valence electrons. The Morgan fingerprint density at radius 1 is 1.14 bits per heavy atom. The number of amides is 1. The van der Waals surface area contributed by atoms with Crippen LogP contribution in [0.4, 0.5) is 0 Å². The summed E-state index contributed by atoms with van der Waals surface area (Å²) in [5.41, 5.74) is 1.23. The molecule has 2 rings (SSSR count). The van der Waals surface area contributed by atoms with Gasteiger partial charge in [0.2, 0.25) is 5.88 Å². The van der Waals surface area contributed by atoms with Crippen molar-refractivity contribution in [3.05, 3.63) is 45.0 Å². The van der Waals surface area contributed by atoms with E-state index in [9.17, 15) is 23.1 Å². The van der Waals surface area contributed by atoms with Crippen molar-refractivity contribution in [3.8, 4) is 11.6 Å². The van der Waals surface area contributed by atoms with Gasteiger partial charge >= 0.3 is 5.97 Å². The number of benzene rings is 1. The van der Waals surface area contributed by atoms with E-state index in [-0.39, 0.29) is 21.1 Å². The first-order valence-corrected chi connectivity index (χ1v) is 9.64. The summed E-state index contributed by atoms with van der Waals surface area (Å²) in [6, 6.07) is 3.81. The van der Waals surface area contributed by atoms with E-state index in [4.69, 9.17) is 44.6 Å². The van der Waals surface area contributed by atoms with Gasteiger partial charge in [0.1, 0.15) is 16.3 Å². The first kappa shape index (κ1) is 22.0. The molecule has 0 radical (unpaired) electrons. The van der Waals surface area contributed by atoms with Gasteiger partial charge in [-0.25, -0.2) is 13.2 Å². The maximum Gasteiger partial charge on any atom is 0.339 e. The van der Waals surface area contributed by atoms with Crippen LogP contribution >= 0.6 is 34.8 Å². The van der Waals surface area contributed by atoms with Crippen LogP contribution in [-0.4, -0.2) is 42.1 Å². The van der Waals surface area contributed by atoms with Crippen LogP contribution in [0.15, 0.2) is 29.2 Å². The molecule has 0 fully saturated rings. The third-order valence-electron chi connectivity index (χ3n) is 3.03. The number of halogens is 3. The summed E-state index contributed by atoms with van der Waals surface area (Å²) in [6.07, 6.45) is 0. The topological polar surface area (TPSA) is 155 Å². The van der Waals surface area contributed by atoms with E-state index in [0.29, 0.717) is 0 Å². The fraction of sp³-hybridized carbons (Fsp3) is 0.0714. The molecule has 14 heteroatoms. The van der Waals surface area contributed by atoms with Crippen LogP contribution in [0.1, 0.15) is 10.4 Å². The predicted molar refractivity (Wildman–Crippen MR) is 98.3 cm³/mol. The SMILES string of the molecule is O=C(COc1nc(Cl)c(Cl)cc1Cl)NNS(=O)(=O)c1ccc(O)c(C(=O)O)c1. The van der Waals surface area contributed by atoms with Crippen LogP contribution in [0.5, 0.6) is 11.6 Å². The number of aromatic nitrogens is 1. The number of hydrogen-bond acceptors (Lipinski definition) is 7. The van der Waals surface area contributed by atoms with Crippen molar-refractivity contribution in [1.29, 1.82) is 0 Å². The maximum atomic E-state index is 12.1. The van der Waals surface area contributed by atoms with Crippen molar-refractivity contribution in [2.45, 2.75) is 4.90 Å². The molecule has 0 aliphatic carbocycles. The number of ether oxygens (including phenoxy) is 1. The molecular weight excluding hydrogens is 461 g/mol. The largest absolute Gasteiger partial charge is 0.507 e. The second-order valence-electron chi connectivity index (χ2n) is 4.97. The van der Waals surface area contributed by atoms with Crippen molar-refractivity contribution >= 4 is 56.7 Å². The second kappa shape index (κ2) is 8.80. The number of phenols is 1. The Bertz CT molecular complexity index is 1050. The molecule has 0 bridgehead atoms. The van der Waals surface area contributed by atoms with Gasteiger partial charge in [-0.2, -0.15) is 4.98 Å². The highest BCUT2D eigenvalue weighted by atomic mass is 35.5. The van der Waals surface area contributed by atoms with Crippen LogP contribution in [-0.2, 0) is 14.8 Å². The van der Waals surface area contributed by atoms with Crippen LogP contribution < -0.4 is 15.0 Å². The van der Waals surface area contributed by atoms with Gasteiger partial charge in [0.15, 0.2) is 11.8 Å². The molecule has 1 aromatic carbocycles. The fourth-order valence-corrected chi connectivity index (χ4v) is 3.17. The number of nitrogens with zero attached hydrogens (tertiary/aromatic N) is 1. The fourth-order valence-electron chi connectivity index (χ4n) is 1.74. The first-order valence-electron chi connectivity index (χ1n) is 7.02. The monoisotopic (exact) mass is 469 g/mol. The average Bonchev–Trinajstić information content (AvgIpc) is 2.62. The van der Waals surface area contributed by atoms with Crippen molar-refractivity contribution in [2.75, 3.05) is 6.61 Å². The summed E-state index contributed by atoms with van der Waals surface area (Å²) >= 11 is 17.2. The lowest BCUT2D eigenvalue weighted by molar-refractivity contribution is -0.123. The molecule has 0 aliphatic heterocycles. The van der Waals surface area contributed by atoms with Gasteiger partial charge in [0, 0.05) is 0 Å². The highest BCUT2D eigenvalue weighted by molar-refractivity contribution is 7.89. The molecule has 10 nitrogen and oxygen atoms in total. The van der Waals surface area contributed by atoms with E-state index in [0.717, 1.165) is 18.2 Å². The second-order valence-corrected chi connectivity index (χ2v) is 7.83. The highest BCUT2D eigenvalue weighted by Gasteiger charge is 2.20. The first-order chi connectivity index (χ1) is 13.0. The van der Waals surface area contributed by atoms with E-state index < -0.39 is 44.7 Å². The number of carbonyl (C=O) groups excluding carboxylic acids is 1. The Hall–Kier alpha value is -2.31. The van der Waals surface area contributed by atoms with Gasteiger partial charge in [-0.3, -0.25) is 10.2 Å². The standard InChI is InChI=1S/C14H10Cl3N3O7S/c15-8-4-9(16)13(18-12(8)17)27-5-11(22)19-20-28(25,26)6-1-2-10(21)7(3-6)14(23)24/h1-4,20-21H,5H2,(H,19,22)(H,23,24). The molecule has 0 unspecified atom stereocenters. The maximum absolute atomic E-state index is 12.1. The predicted octanol–water partition coefficient (Wildman–Crippen LogP) is 1.83. The smallest absolute Gasteiger partial charge is 0.339 e. The van der Waals surface area contributed by atoms with Gasteiger partial charge in [0.25, 0.3) is 15.9 Å². The average molecular weight is 471 g/mol. The lowest BCUT2D eigenvalue weighted by atomic mass is 10.2. The van der Waals surface area contributed by atoms with E-state index in [1.807, 2.05) is 5.43 Å². The molecule has 2 aromatic rings. The zero-order valence-corrected chi connectivity index (χ0v) is 16.5. The number of aromatic carboxylic acids is 1. The molecule has 28 heavy (non-hydrogen) atoms. The lowest BCUT2D eigenvalue weighted by Crippen LogP contribution is -2.43. The Morgan fingerprint density at radius 3 is 2.46 bits per heavy atom. The summed E-state index contributed by atoms with van der Waals surface area (Å²) in [6.45, 7) is -0.677. The van der Waals surface area contributed by atoms with E-state index in [1.54, 1.807) is 4.83 Å². The third-order valence-corrected chi connectivity index (χ3v) is 5.22. The van der Waals surface area contributed by atoms with Crippen LogP contribution in [0.25, 0.3) is 0 Å². The number of carboxylic acid groups (broad SMARTS) is 1. The zero-order valence-electron chi connectivity index (χ0n) is 13.4. The summed E-state index contributed by atoms with van der Waals surface area (Å²) in [5, 5.41) is 18.3. The number of nitrogens with one attached hydrogen (secondary N) is 2. The molecule has 0 saturated carbocycles. The minimum absolute atomic E-state index is 0.0203. The van der Waals surface area contributed by atoms with Gasteiger partial charge in [-0.05, 0) is 24.3 Å². The number of pyridine rings is 1. The van der Waals surface area contributed by atoms with Crippen molar-refractivity contribution < 1.29 is 33.0 Å². The summed E-state index contributed by atoms with van der Waals surface area (Å²) in [5.74, 6) is -3.27. The van der Waals surface area contributed by atoms with E-state index in [1.165, 1.54) is 6.07 Å². The molecular formula is C14H10Cl3N3O7S. The van der Waals surface area contributed by atoms with E-state index >= 15 is 0 Å². The van der Waals surface area contributed by atoms with Crippen molar-refractivity contribution in [3.63, 3.8) is 0 Å². The van der Waals surface area contributed by atoms with Crippen LogP contribution in [0.2, 0.25) is 15.2 Å². The minimum Gasteiger partial charge on any atom is -0.507 e. The van der Waals surface area contributed by atoms with E-state index in [2.05, 4.69) is 4.98 Å². The number of carboxylic acids is 1. The summed E-state index contributed by atoms with van der Waals surface area (Å²) < 4.78 is 29.3. The Balaban J connectivity index is 2.01. The van der Waals surface area contributed by atoms with Crippen molar-refractivity contribution in [2.24, 2.45) is 0 Å². The molecule has 1 aromatic heterocycles. The molecule has 0 spiro atoms. The number of hydrogen-bond donors (Lipinski definition) is 4. The molecule has 1 amide bonds. The van der Waals surface area contributed by atoms with Gasteiger partial charge in [-0.15, -0.1) is 4.83 Å². The normalized spacial score (nSPS) is 11.1. The number of aromatic hydroxyl groups is 1. The lowest BCUT2D eigenvalue weighted by Gasteiger charge is -2.11. The molecule has 0 aliphatic rings. The van der Waals surface area contributed by atoms with Gasteiger partial charge < -0.3 is 14.9 Å². The van der Waals surface area contributed by atoms with Crippen molar-refractivity contribution in [1.82, 2.24) is 15.2 Å². The Labute approximate surface area is 173 Å². The van der Waals surface area contributed by atoms with Gasteiger partial charge in [0.05, 0.1) is 9.92 Å². The van der Waals surface area contributed by atoms with Gasteiger partial charge in [-0.1, -0.05) is 34.8 Å². The third kappa shape index (κ3) is 5.36. The minimum atomic E-state index is -4.32. The zero-order chi connectivity index (χ0) is 21.1. The Morgan fingerprint density at radius 2 is 1.82 bits per heavy atom. The summed E-state index contributed by atoms with van der Waals surface area (Å²) in [4.78, 5) is 27.7. The van der Waals surface area contributed by atoms with Crippen LogP contribution in [0.3, 0.4) is 0 Å². The summed E-state index contributed by atoms with van der Waals surface area (Å²) in [7, 11) is -4.32. The number of hydrazine groups is 1. The number of carbonyl (C=O) groups is 2. The Kier molecular flexibility index (Phi) is 6.91. The molecule has 0 atom stereocenters. The quantitative estimate of drug-likeness (QED) is 0.353. The molecule has 1 heterocycles. The molecule has 4 N–H and O–H groups in total. The highest BCUT2D eigenvalue weighted by Crippen LogP contribution is 2.30. The number of rotatable bonds is 7. The molecule has 0 saturated heterocycles. The number of sulfonamides is 1.